The second-order valence-corrected chi connectivity index (χ2v) is 7.93. The molecule has 2 N–H and O–H groups in total. The number of aromatic amines is 1. The Morgan fingerprint density at radius 3 is 2.53 bits per heavy atom. The maximum atomic E-state index is 12.6. The minimum Gasteiger partial charge on any atom is -0.497 e. The fraction of sp³-hybridized carbons (Fsp3) is 0.348. The molecule has 3 rings (SSSR count). The van der Waals surface area contributed by atoms with Crippen LogP contribution in [0.15, 0.2) is 48.5 Å². The monoisotopic (exact) mass is 455 g/mol. The van der Waals surface area contributed by atoms with Crippen LogP contribution in [0, 0.1) is 4.77 Å². The Kier molecular flexibility index (Phi) is 8.02. The summed E-state index contributed by atoms with van der Waals surface area (Å²) in [4.78, 5) is 14.7. The molecule has 0 aliphatic rings. The van der Waals surface area contributed by atoms with E-state index in [9.17, 15) is 4.79 Å². The normalized spacial score (nSPS) is 11.9. The summed E-state index contributed by atoms with van der Waals surface area (Å²) in [6, 6.07) is 15.5. The summed E-state index contributed by atoms with van der Waals surface area (Å²) >= 11 is 5.37. The Morgan fingerprint density at radius 2 is 1.88 bits per heavy atom. The number of benzene rings is 2. The van der Waals surface area contributed by atoms with Gasteiger partial charge in [-0.1, -0.05) is 12.1 Å². The van der Waals surface area contributed by atoms with Crippen molar-refractivity contribution in [3.8, 4) is 22.9 Å². The molecule has 0 bridgehead atoms. The van der Waals surface area contributed by atoms with Crippen molar-refractivity contribution in [3.63, 3.8) is 0 Å². The van der Waals surface area contributed by atoms with E-state index in [-0.39, 0.29) is 18.4 Å². The number of carbonyl (C=O) groups excluding carboxylic acids is 1. The van der Waals surface area contributed by atoms with Gasteiger partial charge in [-0.25, -0.2) is 0 Å². The molecule has 2 aromatic carbocycles. The average molecular weight is 456 g/mol. The molecule has 0 radical (unpaired) electrons. The van der Waals surface area contributed by atoms with E-state index in [4.69, 9.17) is 21.7 Å². The highest BCUT2D eigenvalue weighted by molar-refractivity contribution is 7.71. The van der Waals surface area contributed by atoms with Gasteiger partial charge in [-0.3, -0.25) is 14.5 Å². The molecule has 0 saturated carbocycles. The number of hydrogen-bond acceptors (Lipinski definition) is 6. The minimum absolute atomic E-state index is 0.0278. The smallest absolute Gasteiger partial charge is 0.221 e. The van der Waals surface area contributed by atoms with Crippen LogP contribution in [0.2, 0.25) is 0 Å². The second-order valence-electron chi connectivity index (χ2n) is 7.54. The summed E-state index contributed by atoms with van der Waals surface area (Å²) in [7, 11) is 7.25. The van der Waals surface area contributed by atoms with Gasteiger partial charge in [0.2, 0.25) is 5.91 Å². The van der Waals surface area contributed by atoms with Crippen molar-refractivity contribution in [2.75, 3.05) is 34.9 Å². The van der Waals surface area contributed by atoms with E-state index in [2.05, 4.69) is 20.4 Å². The van der Waals surface area contributed by atoms with E-state index in [0.717, 1.165) is 22.6 Å². The molecule has 0 aliphatic heterocycles. The van der Waals surface area contributed by atoms with E-state index in [0.29, 0.717) is 23.7 Å². The molecule has 0 aliphatic carbocycles. The number of likely N-dealkylation sites (N-methyl/N-ethyl adjacent to an activating group) is 1. The number of carbonyl (C=O) groups is 1. The Balaban J connectivity index is 1.63. The van der Waals surface area contributed by atoms with Crippen molar-refractivity contribution in [3.05, 3.63) is 58.9 Å². The molecule has 1 atom stereocenters. The zero-order valence-electron chi connectivity index (χ0n) is 18.8. The quantitative estimate of drug-likeness (QED) is 0.456. The van der Waals surface area contributed by atoms with E-state index >= 15 is 0 Å². The van der Waals surface area contributed by atoms with E-state index in [1.807, 2.05) is 67.2 Å². The van der Waals surface area contributed by atoms with Crippen molar-refractivity contribution in [2.24, 2.45) is 0 Å². The maximum Gasteiger partial charge on any atom is 0.221 e. The number of aromatic nitrogens is 3. The van der Waals surface area contributed by atoms with Crippen LogP contribution in [0.25, 0.3) is 11.4 Å². The number of rotatable bonds is 10. The SMILES string of the molecule is COc1ccc(-c2n[nH]c(=S)n2CCC(=O)NCC(c2cccc(OC)c2)N(C)C)cc1. The van der Waals surface area contributed by atoms with E-state index < -0.39 is 0 Å². The van der Waals surface area contributed by atoms with Gasteiger partial charge in [0, 0.05) is 25.1 Å². The fourth-order valence-corrected chi connectivity index (χ4v) is 3.67. The topological polar surface area (TPSA) is 84.4 Å². The molecule has 0 saturated heterocycles. The van der Waals surface area contributed by atoms with Crippen LogP contribution in [0.1, 0.15) is 18.0 Å². The van der Waals surface area contributed by atoms with Gasteiger partial charge in [-0.15, -0.1) is 0 Å². The molecule has 1 aromatic heterocycles. The predicted molar refractivity (Wildman–Crippen MR) is 126 cm³/mol. The first-order chi connectivity index (χ1) is 15.4. The third-order valence-corrected chi connectivity index (χ3v) is 5.58. The summed E-state index contributed by atoms with van der Waals surface area (Å²) in [5, 5.41) is 10.2. The Labute approximate surface area is 193 Å². The third-order valence-electron chi connectivity index (χ3n) is 5.26. The van der Waals surface area contributed by atoms with Crippen molar-refractivity contribution >= 4 is 18.1 Å². The maximum absolute atomic E-state index is 12.6. The van der Waals surface area contributed by atoms with Gasteiger partial charge >= 0.3 is 0 Å². The molecule has 1 amide bonds. The van der Waals surface area contributed by atoms with Crippen LogP contribution in [-0.4, -0.2) is 60.4 Å². The Hall–Kier alpha value is -3.17. The summed E-state index contributed by atoms with van der Waals surface area (Å²) in [5.74, 6) is 2.19. The number of nitrogens with one attached hydrogen (secondary N) is 2. The highest BCUT2D eigenvalue weighted by atomic mass is 32.1. The van der Waals surface area contributed by atoms with Crippen molar-refractivity contribution in [1.82, 2.24) is 25.0 Å². The van der Waals surface area contributed by atoms with Crippen LogP contribution in [0.5, 0.6) is 11.5 Å². The predicted octanol–water partition coefficient (Wildman–Crippen LogP) is 3.43. The Bertz CT molecular complexity index is 1090. The van der Waals surface area contributed by atoms with Crippen molar-refractivity contribution < 1.29 is 14.3 Å². The first-order valence-corrected chi connectivity index (χ1v) is 10.7. The van der Waals surface area contributed by atoms with Gasteiger partial charge < -0.3 is 19.7 Å². The largest absolute Gasteiger partial charge is 0.497 e. The van der Waals surface area contributed by atoms with Crippen LogP contribution in [0.4, 0.5) is 0 Å². The van der Waals surface area contributed by atoms with Crippen molar-refractivity contribution in [1.29, 1.82) is 0 Å². The molecular weight excluding hydrogens is 426 g/mol. The van der Waals surface area contributed by atoms with Crippen LogP contribution in [0.3, 0.4) is 0 Å². The zero-order valence-corrected chi connectivity index (χ0v) is 19.6. The lowest BCUT2D eigenvalue weighted by molar-refractivity contribution is -0.121. The molecule has 32 heavy (non-hydrogen) atoms. The Morgan fingerprint density at radius 1 is 1.16 bits per heavy atom. The molecule has 1 unspecified atom stereocenters. The number of amides is 1. The number of H-pyrrole nitrogens is 1. The lowest BCUT2D eigenvalue weighted by atomic mass is 10.1. The number of ether oxygens (including phenoxy) is 2. The first kappa shape index (κ1) is 23.5. The van der Waals surface area contributed by atoms with Gasteiger partial charge in [0.15, 0.2) is 10.6 Å². The summed E-state index contributed by atoms with van der Waals surface area (Å²) in [5.41, 5.74) is 1.97. The summed E-state index contributed by atoms with van der Waals surface area (Å²) < 4.78 is 12.8. The van der Waals surface area contributed by atoms with Gasteiger partial charge in [-0.05, 0) is 68.3 Å². The summed E-state index contributed by atoms with van der Waals surface area (Å²) in [6.07, 6.45) is 0.287. The highest BCUT2D eigenvalue weighted by Gasteiger charge is 2.17. The molecule has 0 spiro atoms. The van der Waals surface area contributed by atoms with Crippen molar-refractivity contribution in [2.45, 2.75) is 19.0 Å². The third kappa shape index (κ3) is 5.74. The number of nitrogens with zero attached hydrogens (tertiary/aromatic N) is 3. The highest BCUT2D eigenvalue weighted by Crippen LogP contribution is 2.23. The molecule has 1 heterocycles. The standard InChI is InChI=1S/C23H29N5O3S/c1-27(2)20(17-6-5-7-19(14-17)31-4)15-24-21(29)12-13-28-22(25-26-23(28)32)16-8-10-18(30-3)11-9-16/h5-11,14,20H,12-13,15H2,1-4H3,(H,24,29)(H,26,32). The van der Waals surface area contributed by atoms with Gasteiger partial charge in [0.25, 0.3) is 0 Å². The number of hydrogen-bond donors (Lipinski definition) is 2. The molecule has 9 heteroatoms. The minimum atomic E-state index is -0.0523. The molecular formula is C23H29N5O3S. The van der Waals surface area contributed by atoms with Crippen LogP contribution >= 0.6 is 12.2 Å². The fourth-order valence-electron chi connectivity index (χ4n) is 3.45. The first-order valence-electron chi connectivity index (χ1n) is 10.3. The van der Waals surface area contributed by atoms with Gasteiger partial charge in [-0.2, -0.15) is 5.10 Å². The van der Waals surface area contributed by atoms with Gasteiger partial charge in [0.05, 0.1) is 20.3 Å². The van der Waals surface area contributed by atoms with E-state index in [1.54, 1.807) is 14.2 Å². The second kappa shape index (κ2) is 10.9. The molecule has 3 aromatic rings. The lowest BCUT2D eigenvalue weighted by Crippen LogP contribution is -2.34. The molecule has 170 valence electrons. The van der Waals surface area contributed by atoms with E-state index in [1.165, 1.54) is 0 Å². The van der Waals surface area contributed by atoms with Crippen LogP contribution < -0.4 is 14.8 Å². The van der Waals surface area contributed by atoms with Crippen LogP contribution in [-0.2, 0) is 11.3 Å². The average Bonchev–Trinajstić information content (AvgIpc) is 3.18. The molecule has 8 nitrogen and oxygen atoms in total. The number of methoxy groups -OCH3 is 2. The lowest BCUT2D eigenvalue weighted by Gasteiger charge is -2.25. The summed E-state index contributed by atoms with van der Waals surface area (Å²) in [6.45, 7) is 0.912. The zero-order chi connectivity index (χ0) is 23.1. The molecule has 0 fully saturated rings. The van der Waals surface area contributed by atoms with Gasteiger partial charge in [0.1, 0.15) is 11.5 Å².